The summed E-state index contributed by atoms with van der Waals surface area (Å²) in [6.07, 6.45) is 0. The van der Waals surface area contributed by atoms with Crippen LogP contribution in [-0.2, 0) is 6.61 Å². The lowest BCUT2D eigenvalue weighted by atomic mass is 10.4. The number of hydrogen-bond acceptors (Lipinski definition) is 2. The van der Waals surface area contributed by atoms with Crippen LogP contribution in [0.2, 0.25) is 0 Å². The van der Waals surface area contributed by atoms with Crippen LogP contribution in [0.15, 0.2) is 16.5 Å². The normalized spacial score (nSPS) is 9.75. The minimum Gasteiger partial charge on any atom is -0.464 e. The van der Waals surface area contributed by atoms with E-state index in [1.54, 1.807) is 6.07 Å². The van der Waals surface area contributed by atoms with Gasteiger partial charge in [-0.15, -0.1) is 0 Å². The van der Waals surface area contributed by atoms with E-state index >= 15 is 0 Å². The molecule has 0 radical (unpaired) electrons. The zero-order valence-electron chi connectivity index (χ0n) is 4.72. The third kappa shape index (κ3) is 0.898. The molecule has 0 saturated heterocycles. The van der Waals surface area contributed by atoms with Crippen LogP contribution in [0, 0.1) is 6.92 Å². The van der Waals surface area contributed by atoms with Gasteiger partial charge in [-0.25, -0.2) is 0 Å². The van der Waals surface area contributed by atoms with Gasteiger partial charge in [0.15, 0.2) is 0 Å². The van der Waals surface area contributed by atoms with Crippen LogP contribution in [0.3, 0.4) is 0 Å². The Hall–Kier alpha value is -0.760. The maximum Gasteiger partial charge on any atom is 0.129 e. The Balaban J connectivity index is 2.84. The molecule has 0 atom stereocenters. The predicted octanol–water partition coefficient (Wildman–Crippen LogP) is 1.08. The van der Waals surface area contributed by atoms with Gasteiger partial charge in [0.1, 0.15) is 18.1 Å². The van der Waals surface area contributed by atoms with Gasteiger partial charge in [0.2, 0.25) is 0 Å². The van der Waals surface area contributed by atoms with Gasteiger partial charge in [-0.2, -0.15) is 0 Å². The van der Waals surface area contributed by atoms with Gasteiger partial charge in [0.05, 0.1) is 0 Å². The summed E-state index contributed by atoms with van der Waals surface area (Å²) in [5, 5.41) is 8.46. The smallest absolute Gasteiger partial charge is 0.129 e. The van der Waals surface area contributed by atoms with Crippen LogP contribution >= 0.6 is 0 Å². The van der Waals surface area contributed by atoms with Crippen molar-refractivity contribution in [1.29, 1.82) is 0 Å². The molecular weight excluding hydrogens is 104 g/mol. The molecule has 0 spiro atoms. The first kappa shape index (κ1) is 5.38. The van der Waals surface area contributed by atoms with E-state index in [0.717, 1.165) is 5.76 Å². The van der Waals surface area contributed by atoms with E-state index in [4.69, 9.17) is 9.52 Å². The van der Waals surface area contributed by atoms with Gasteiger partial charge in [0, 0.05) is 0 Å². The second kappa shape index (κ2) is 2.01. The van der Waals surface area contributed by atoms with Gasteiger partial charge >= 0.3 is 0 Å². The van der Waals surface area contributed by atoms with Crippen molar-refractivity contribution in [2.24, 2.45) is 0 Å². The van der Waals surface area contributed by atoms with E-state index in [2.05, 4.69) is 0 Å². The standard InChI is InChI=1S/C6H8O2/c1-5-2-3-6(4-7)8-5/h2-3,7H,4H2,1H3. The highest BCUT2D eigenvalue weighted by molar-refractivity contribution is 5.03. The molecule has 2 heteroatoms. The number of aliphatic hydroxyl groups excluding tert-OH is 1. The summed E-state index contributed by atoms with van der Waals surface area (Å²) in [7, 11) is 0. The first-order valence-electron chi connectivity index (χ1n) is 2.49. The lowest BCUT2D eigenvalue weighted by molar-refractivity contribution is 0.245. The molecule has 0 aliphatic carbocycles. The maximum atomic E-state index is 8.46. The molecule has 8 heavy (non-hydrogen) atoms. The van der Waals surface area contributed by atoms with Crippen molar-refractivity contribution in [3.05, 3.63) is 23.7 Å². The SMILES string of the molecule is Cc1ccc(CO)o1. The van der Waals surface area contributed by atoms with Crippen molar-refractivity contribution >= 4 is 0 Å². The minimum absolute atomic E-state index is 0.00611. The first-order chi connectivity index (χ1) is 3.83. The average molecular weight is 112 g/mol. The molecule has 2 nitrogen and oxygen atoms in total. The van der Waals surface area contributed by atoms with Gasteiger partial charge in [0.25, 0.3) is 0 Å². The van der Waals surface area contributed by atoms with Crippen LogP contribution in [0.1, 0.15) is 11.5 Å². The summed E-state index contributed by atoms with van der Waals surface area (Å²) in [6.45, 7) is 1.84. The van der Waals surface area contributed by atoms with Crippen LogP contribution in [0.4, 0.5) is 0 Å². The Morgan fingerprint density at radius 2 is 2.38 bits per heavy atom. The van der Waals surface area contributed by atoms with Crippen LogP contribution in [0.25, 0.3) is 0 Å². The molecule has 1 N–H and O–H groups in total. The average Bonchev–Trinajstić information content (AvgIpc) is 2.14. The van der Waals surface area contributed by atoms with Crippen LogP contribution in [0.5, 0.6) is 0 Å². The van der Waals surface area contributed by atoms with E-state index in [1.807, 2.05) is 13.0 Å². The molecule has 0 aliphatic heterocycles. The Morgan fingerprint density at radius 1 is 1.62 bits per heavy atom. The van der Waals surface area contributed by atoms with E-state index in [9.17, 15) is 0 Å². The quantitative estimate of drug-likeness (QED) is 0.589. The Morgan fingerprint density at radius 3 is 2.62 bits per heavy atom. The summed E-state index contributed by atoms with van der Waals surface area (Å²) in [6, 6.07) is 3.58. The maximum absolute atomic E-state index is 8.46. The molecule has 0 bridgehead atoms. The lowest BCUT2D eigenvalue weighted by Crippen LogP contribution is -1.73. The number of rotatable bonds is 1. The summed E-state index contributed by atoms with van der Waals surface area (Å²) < 4.78 is 4.98. The molecule has 0 amide bonds. The largest absolute Gasteiger partial charge is 0.464 e. The molecule has 1 aromatic rings. The van der Waals surface area contributed by atoms with E-state index in [-0.39, 0.29) is 6.61 Å². The minimum atomic E-state index is -0.00611. The fourth-order valence-corrected chi connectivity index (χ4v) is 0.570. The molecule has 0 fully saturated rings. The molecule has 0 saturated carbocycles. The van der Waals surface area contributed by atoms with E-state index < -0.39 is 0 Å². The fraction of sp³-hybridized carbons (Fsp3) is 0.333. The fourth-order valence-electron chi connectivity index (χ4n) is 0.570. The zero-order valence-corrected chi connectivity index (χ0v) is 4.72. The molecular formula is C6H8O2. The highest BCUT2D eigenvalue weighted by Crippen LogP contribution is 2.04. The Kier molecular flexibility index (Phi) is 1.35. The molecule has 0 unspecified atom stereocenters. The van der Waals surface area contributed by atoms with E-state index in [0.29, 0.717) is 5.76 Å². The van der Waals surface area contributed by atoms with Crippen molar-refractivity contribution in [2.75, 3.05) is 0 Å². The number of aliphatic hydroxyl groups is 1. The third-order valence-corrected chi connectivity index (χ3v) is 0.952. The first-order valence-corrected chi connectivity index (χ1v) is 2.49. The van der Waals surface area contributed by atoms with Crippen molar-refractivity contribution in [3.63, 3.8) is 0 Å². The topological polar surface area (TPSA) is 33.4 Å². The monoisotopic (exact) mass is 112 g/mol. The summed E-state index contributed by atoms with van der Waals surface area (Å²) >= 11 is 0. The Labute approximate surface area is 47.7 Å². The molecule has 0 aliphatic rings. The lowest BCUT2D eigenvalue weighted by Gasteiger charge is -1.82. The summed E-state index contributed by atoms with van der Waals surface area (Å²) in [5.41, 5.74) is 0. The second-order valence-electron chi connectivity index (χ2n) is 1.67. The highest BCUT2D eigenvalue weighted by atomic mass is 16.4. The van der Waals surface area contributed by atoms with E-state index in [1.165, 1.54) is 0 Å². The van der Waals surface area contributed by atoms with Crippen molar-refractivity contribution < 1.29 is 9.52 Å². The van der Waals surface area contributed by atoms with Crippen molar-refractivity contribution in [2.45, 2.75) is 13.5 Å². The van der Waals surface area contributed by atoms with Crippen molar-refractivity contribution in [1.82, 2.24) is 0 Å². The molecule has 1 rings (SSSR count). The Bertz CT molecular complexity index is 167. The number of aryl methyl sites for hydroxylation is 1. The number of hydrogen-bond donors (Lipinski definition) is 1. The van der Waals surface area contributed by atoms with Gasteiger partial charge in [-0.3, -0.25) is 0 Å². The summed E-state index contributed by atoms with van der Waals surface area (Å²) in [4.78, 5) is 0. The molecule has 44 valence electrons. The molecule has 0 aromatic carbocycles. The van der Waals surface area contributed by atoms with Crippen LogP contribution in [-0.4, -0.2) is 5.11 Å². The van der Waals surface area contributed by atoms with Crippen molar-refractivity contribution in [3.8, 4) is 0 Å². The highest BCUT2D eigenvalue weighted by Gasteiger charge is 1.92. The van der Waals surface area contributed by atoms with Gasteiger partial charge in [-0.1, -0.05) is 0 Å². The zero-order chi connectivity index (χ0) is 5.98. The third-order valence-electron chi connectivity index (χ3n) is 0.952. The summed E-state index contributed by atoms with van der Waals surface area (Å²) in [5.74, 6) is 1.47. The molecule has 1 heterocycles. The second-order valence-corrected chi connectivity index (χ2v) is 1.67. The predicted molar refractivity (Wildman–Crippen MR) is 29.4 cm³/mol. The van der Waals surface area contributed by atoms with Gasteiger partial charge in [-0.05, 0) is 19.1 Å². The number of furan rings is 1. The molecule has 1 aromatic heterocycles. The van der Waals surface area contributed by atoms with Gasteiger partial charge < -0.3 is 9.52 Å². The van der Waals surface area contributed by atoms with Crippen LogP contribution < -0.4 is 0 Å².